The summed E-state index contributed by atoms with van der Waals surface area (Å²) in [4.78, 5) is 0. The van der Waals surface area contributed by atoms with E-state index in [0.717, 1.165) is 11.3 Å². The molecule has 0 atom stereocenters. The average Bonchev–Trinajstić information content (AvgIpc) is 2.45. The molecule has 0 saturated carbocycles. The lowest BCUT2D eigenvalue weighted by atomic mass is 10.2. The smallest absolute Gasteiger partial charge is 0.0561 e. The van der Waals surface area contributed by atoms with Gasteiger partial charge in [-0.15, -0.1) is 0 Å². The molecule has 3 heteroatoms. The molecular formula is C15H13ClN2. The van der Waals surface area contributed by atoms with Gasteiger partial charge in [-0.1, -0.05) is 60.1 Å². The summed E-state index contributed by atoms with van der Waals surface area (Å²) in [7, 11) is 0. The molecule has 0 aliphatic carbocycles. The van der Waals surface area contributed by atoms with Crippen LogP contribution in [-0.4, -0.2) is 6.21 Å². The molecule has 2 aromatic rings. The molecule has 2 rings (SSSR count). The van der Waals surface area contributed by atoms with Crippen LogP contribution in [0.25, 0.3) is 5.03 Å². The second-order valence-electron chi connectivity index (χ2n) is 3.64. The zero-order chi connectivity index (χ0) is 12.6. The molecule has 0 bridgehead atoms. The van der Waals surface area contributed by atoms with Crippen molar-refractivity contribution in [1.29, 1.82) is 0 Å². The number of hydrazone groups is 1. The Morgan fingerprint density at radius 1 is 0.944 bits per heavy atom. The number of nitrogens with zero attached hydrogens (tertiary/aromatic N) is 1. The predicted molar refractivity (Wildman–Crippen MR) is 78.8 cm³/mol. The summed E-state index contributed by atoms with van der Waals surface area (Å²) in [6.07, 6.45) is 3.40. The van der Waals surface area contributed by atoms with Crippen LogP contribution in [0, 0.1) is 0 Å². The number of nitrogens with one attached hydrogen (secondary N) is 1. The van der Waals surface area contributed by atoms with E-state index in [1.807, 2.05) is 60.7 Å². The fourth-order valence-corrected chi connectivity index (χ4v) is 1.60. The summed E-state index contributed by atoms with van der Waals surface area (Å²) >= 11 is 6.13. The Balaban J connectivity index is 1.95. The predicted octanol–water partition coefficient (Wildman–Crippen LogP) is 4.36. The lowest BCUT2D eigenvalue weighted by Gasteiger charge is -1.98. The quantitative estimate of drug-likeness (QED) is 0.638. The Labute approximate surface area is 112 Å². The van der Waals surface area contributed by atoms with Crippen LogP contribution in [0.5, 0.6) is 0 Å². The number of hydrogen-bond donors (Lipinski definition) is 1. The largest absolute Gasteiger partial charge is 0.279 e. The Morgan fingerprint density at radius 3 is 2.22 bits per heavy atom. The second-order valence-corrected chi connectivity index (χ2v) is 4.04. The zero-order valence-corrected chi connectivity index (χ0v) is 10.5. The van der Waals surface area contributed by atoms with Crippen molar-refractivity contribution in [2.75, 3.05) is 5.43 Å². The van der Waals surface area contributed by atoms with Gasteiger partial charge in [0.15, 0.2) is 0 Å². The van der Waals surface area contributed by atoms with Gasteiger partial charge in [-0.05, 0) is 23.8 Å². The van der Waals surface area contributed by atoms with Crippen molar-refractivity contribution >= 4 is 28.5 Å². The summed E-state index contributed by atoms with van der Waals surface area (Å²) < 4.78 is 0. The van der Waals surface area contributed by atoms with E-state index in [-0.39, 0.29) is 0 Å². The van der Waals surface area contributed by atoms with Crippen molar-refractivity contribution < 1.29 is 0 Å². The van der Waals surface area contributed by atoms with Crippen LogP contribution in [0.4, 0.5) is 5.69 Å². The fourth-order valence-electron chi connectivity index (χ4n) is 1.42. The average molecular weight is 257 g/mol. The molecule has 0 heterocycles. The van der Waals surface area contributed by atoms with Gasteiger partial charge in [0.2, 0.25) is 0 Å². The third-order valence-corrected chi connectivity index (χ3v) is 2.66. The minimum Gasteiger partial charge on any atom is -0.279 e. The minimum atomic E-state index is 0.661. The first kappa shape index (κ1) is 12.4. The Kier molecular flexibility index (Phi) is 4.56. The van der Waals surface area contributed by atoms with E-state index in [1.54, 1.807) is 12.3 Å². The highest BCUT2D eigenvalue weighted by atomic mass is 35.5. The zero-order valence-electron chi connectivity index (χ0n) is 9.75. The monoisotopic (exact) mass is 256 g/mol. The molecule has 0 amide bonds. The molecule has 0 saturated heterocycles. The molecule has 2 aromatic carbocycles. The Morgan fingerprint density at radius 2 is 1.56 bits per heavy atom. The van der Waals surface area contributed by atoms with Crippen LogP contribution in [0.15, 0.2) is 71.8 Å². The lowest BCUT2D eigenvalue weighted by Crippen LogP contribution is -1.87. The summed E-state index contributed by atoms with van der Waals surface area (Å²) in [5.41, 5.74) is 4.84. The van der Waals surface area contributed by atoms with Crippen LogP contribution in [0.1, 0.15) is 5.56 Å². The van der Waals surface area contributed by atoms with E-state index in [2.05, 4.69) is 10.5 Å². The third kappa shape index (κ3) is 3.75. The molecule has 0 fully saturated rings. The number of hydrogen-bond acceptors (Lipinski definition) is 2. The van der Waals surface area contributed by atoms with Gasteiger partial charge in [-0.3, -0.25) is 5.43 Å². The number of rotatable bonds is 4. The van der Waals surface area contributed by atoms with Crippen LogP contribution in [0.3, 0.4) is 0 Å². The molecule has 0 aliphatic heterocycles. The van der Waals surface area contributed by atoms with Gasteiger partial charge in [0.1, 0.15) is 0 Å². The molecule has 0 aliphatic rings. The van der Waals surface area contributed by atoms with Crippen LogP contribution < -0.4 is 5.43 Å². The topological polar surface area (TPSA) is 24.4 Å². The van der Waals surface area contributed by atoms with Gasteiger partial charge in [0, 0.05) is 11.2 Å². The van der Waals surface area contributed by atoms with Crippen LogP contribution >= 0.6 is 11.6 Å². The van der Waals surface area contributed by atoms with E-state index >= 15 is 0 Å². The van der Waals surface area contributed by atoms with Gasteiger partial charge in [-0.25, -0.2) is 0 Å². The van der Waals surface area contributed by atoms with Gasteiger partial charge in [0.05, 0.1) is 5.69 Å². The highest BCUT2D eigenvalue weighted by Crippen LogP contribution is 2.16. The molecule has 0 radical (unpaired) electrons. The number of para-hydroxylation sites is 1. The van der Waals surface area contributed by atoms with Gasteiger partial charge < -0.3 is 0 Å². The van der Waals surface area contributed by atoms with Gasteiger partial charge >= 0.3 is 0 Å². The lowest BCUT2D eigenvalue weighted by molar-refractivity contribution is 1.36. The number of allylic oxidation sites excluding steroid dienone is 1. The molecule has 0 spiro atoms. The summed E-state index contributed by atoms with van der Waals surface area (Å²) in [5.74, 6) is 0. The standard InChI is InChI=1S/C15H13ClN2/c16-15(13-7-3-1-4-8-13)11-12-17-18-14-9-5-2-6-10-14/h1-12,18H. The van der Waals surface area contributed by atoms with Crippen molar-refractivity contribution in [3.8, 4) is 0 Å². The first-order chi connectivity index (χ1) is 8.86. The molecule has 90 valence electrons. The molecule has 2 nitrogen and oxygen atoms in total. The molecule has 1 N–H and O–H groups in total. The number of halogens is 1. The minimum absolute atomic E-state index is 0.661. The van der Waals surface area contributed by atoms with Crippen molar-refractivity contribution in [2.45, 2.75) is 0 Å². The normalized spacial score (nSPS) is 11.7. The first-order valence-corrected chi connectivity index (χ1v) is 5.99. The number of anilines is 1. The van der Waals surface area contributed by atoms with Crippen molar-refractivity contribution in [3.63, 3.8) is 0 Å². The Hall–Kier alpha value is -2.06. The third-order valence-electron chi connectivity index (χ3n) is 2.31. The Bertz CT molecular complexity index is 533. The highest BCUT2D eigenvalue weighted by molar-refractivity contribution is 6.49. The SMILES string of the molecule is ClC(=CC=NNc1ccccc1)c1ccccc1. The molecule has 18 heavy (non-hydrogen) atoms. The summed E-state index contributed by atoms with van der Waals surface area (Å²) in [6, 6.07) is 19.5. The van der Waals surface area contributed by atoms with E-state index in [4.69, 9.17) is 11.6 Å². The van der Waals surface area contributed by atoms with Gasteiger partial charge in [-0.2, -0.15) is 5.10 Å². The van der Waals surface area contributed by atoms with Crippen molar-refractivity contribution in [2.24, 2.45) is 5.10 Å². The maximum absolute atomic E-state index is 6.13. The van der Waals surface area contributed by atoms with E-state index in [9.17, 15) is 0 Å². The van der Waals surface area contributed by atoms with Gasteiger partial charge in [0.25, 0.3) is 0 Å². The molecule has 0 aromatic heterocycles. The molecular weight excluding hydrogens is 244 g/mol. The van der Waals surface area contributed by atoms with E-state index in [0.29, 0.717) is 5.03 Å². The van der Waals surface area contributed by atoms with Crippen LogP contribution in [-0.2, 0) is 0 Å². The maximum atomic E-state index is 6.13. The summed E-state index contributed by atoms with van der Waals surface area (Å²) in [6.45, 7) is 0. The second kappa shape index (κ2) is 6.62. The van der Waals surface area contributed by atoms with Crippen molar-refractivity contribution in [1.82, 2.24) is 0 Å². The highest BCUT2D eigenvalue weighted by Gasteiger charge is 1.93. The van der Waals surface area contributed by atoms with E-state index < -0.39 is 0 Å². The first-order valence-electron chi connectivity index (χ1n) is 5.61. The fraction of sp³-hybridized carbons (Fsp3) is 0. The maximum Gasteiger partial charge on any atom is 0.0561 e. The van der Waals surface area contributed by atoms with Crippen LogP contribution in [0.2, 0.25) is 0 Å². The van der Waals surface area contributed by atoms with Crippen molar-refractivity contribution in [3.05, 3.63) is 72.3 Å². The van der Waals surface area contributed by atoms with E-state index in [1.165, 1.54) is 0 Å². The molecule has 0 unspecified atom stereocenters. The summed E-state index contributed by atoms with van der Waals surface area (Å²) in [5, 5.41) is 4.73. The number of benzene rings is 2.